The maximum atomic E-state index is 12.4. The fraction of sp³-hybridized carbons (Fsp3) is 0.588. The second-order valence-electron chi connectivity index (χ2n) is 6.03. The molecule has 0 aromatic heterocycles. The van der Waals surface area contributed by atoms with Gasteiger partial charge in [-0.15, -0.1) is 0 Å². The minimum atomic E-state index is 0.0257. The van der Waals surface area contributed by atoms with Crippen LogP contribution in [0.1, 0.15) is 24.8 Å². The lowest BCUT2D eigenvalue weighted by Crippen LogP contribution is -2.37. The van der Waals surface area contributed by atoms with Crippen molar-refractivity contribution in [1.29, 1.82) is 0 Å². The van der Waals surface area contributed by atoms with Crippen LogP contribution in [0.3, 0.4) is 0 Å². The van der Waals surface area contributed by atoms with Crippen molar-refractivity contribution < 1.29 is 19.0 Å². The van der Waals surface area contributed by atoms with Crippen LogP contribution in [0.4, 0.5) is 0 Å². The Morgan fingerprint density at radius 2 is 1.96 bits per heavy atom. The van der Waals surface area contributed by atoms with Crippen molar-refractivity contribution in [3.8, 4) is 11.5 Å². The van der Waals surface area contributed by atoms with Gasteiger partial charge in [0, 0.05) is 31.3 Å². The molecule has 2 aliphatic heterocycles. The van der Waals surface area contributed by atoms with Gasteiger partial charge in [-0.1, -0.05) is 11.6 Å². The number of nitrogens with zero attached hydrogens (tertiary/aromatic N) is 1. The SMILES string of the molecule is CN(CC1CCCCO1)C(=O)Cc1cc2c(cc1Cl)OCCO2. The molecule has 1 aromatic rings. The van der Waals surface area contributed by atoms with Gasteiger partial charge in [0.15, 0.2) is 11.5 Å². The summed E-state index contributed by atoms with van der Waals surface area (Å²) in [7, 11) is 1.81. The Hall–Kier alpha value is -1.46. The molecule has 0 bridgehead atoms. The first-order valence-corrected chi connectivity index (χ1v) is 8.45. The molecule has 126 valence electrons. The number of likely N-dealkylation sites (N-methyl/N-ethyl adjacent to an activating group) is 1. The number of hydrogen-bond donors (Lipinski definition) is 0. The molecule has 2 aliphatic rings. The summed E-state index contributed by atoms with van der Waals surface area (Å²) in [6.07, 6.45) is 3.69. The van der Waals surface area contributed by atoms with Gasteiger partial charge in [0.2, 0.25) is 5.91 Å². The third kappa shape index (κ3) is 4.09. The third-order valence-electron chi connectivity index (χ3n) is 4.23. The molecule has 5 nitrogen and oxygen atoms in total. The number of benzene rings is 1. The van der Waals surface area contributed by atoms with Crippen molar-refractivity contribution in [2.45, 2.75) is 31.8 Å². The van der Waals surface area contributed by atoms with E-state index in [0.29, 0.717) is 36.3 Å². The average Bonchev–Trinajstić information content (AvgIpc) is 2.56. The lowest BCUT2D eigenvalue weighted by Gasteiger charge is -2.27. The molecule has 2 heterocycles. The van der Waals surface area contributed by atoms with E-state index < -0.39 is 0 Å². The molecule has 3 rings (SSSR count). The molecule has 1 unspecified atom stereocenters. The van der Waals surface area contributed by atoms with Crippen molar-refractivity contribution in [3.63, 3.8) is 0 Å². The predicted octanol–water partition coefficient (Wildman–Crippen LogP) is 2.68. The van der Waals surface area contributed by atoms with Gasteiger partial charge in [0.25, 0.3) is 0 Å². The number of halogens is 1. The van der Waals surface area contributed by atoms with Crippen molar-refractivity contribution in [1.82, 2.24) is 4.90 Å². The first-order chi connectivity index (χ1) is 11.1. The molecule has 0 spiro atoms. The molecule has 1 amide bonds. The molecule has 0 radical (unpaired) electrons. The molecule has 1 atom stereocenters. The Morgan fingerprint density at radius 1 is 1.22 bits per heavy atom. The van der Waals surface area contributed by atoms with Crippen molar-refractivity contribution in [2.75, 3.05) is 33.4 Å². The highest BCUT2D eigenvalue weighted by atomic mass is 35.5. The van der Waals surface area contributed by atoms with Gasteiger partial charge in [0.05, 0.1) is 12.5 Å². The van der Waals surface area contributed by atoms with Crippen LogP contribution in [0.25, 0.3) is 0 Å². The predicted molar refractivity (Wildman–Crippen MR) is 87.4 cm³/mol. The second kappa shape index (κ2) is 7.41. The lowest BCUT2D eigenvalue weighted by molar-refractivity contribution is -0.131. The van der Waals surface area contributed by atoms with E-state index in [9.17, 15) is 4.79 Å². The van der Waals surface area contributed by atoms with Crippen LogP contribution < -0.4 is 9.47 Å². The topological polar surface area (TPSA) is 48.0 Å². The number of carbonyl (C=O) groups excluding carboxylic acids is 1. The van der Waals surface area contributed by atoms with Crippen LogP contribution >= 0.6 is 11.6 Å². The fourth-order valence-corrected chi connectivity index (χ4v) is 3.12. The zero-order valence-corrected chi connectivity index (χ0v) is 14.1. The van der Waals surface area contributed by atoms with E-state index in [0.717, 1.165) is 25.0 Å². The molecule has 0 aliphatic carbocycles. The summed E-state index contributed by atoms with van der Waals surface area (Å²) < 4.78 is 16.7. The van der Waals surface area contributed by atoms with Gasteiger partial charge in [0.1, 0.15) is 13.2 Å². The molecule has 23 heavy (non-hydrogen) atoms. The standard InChI is InChI=1S/C17H22ClNO4/c1-19(11-13-4-2-3-5-21-13)17(20)9-12-8-15-16(10-14(12)18)23-7-6-22-15/h8,10,13H,2-7,9,11H2,1H3. The number of ether oxygens (including phenoxy) is 3. The number of carbonyl (C=O) groups is 1. The van der Waals surface area contributed by atoms with Crippen molar-refractivity contribution in [2.24, 2.45) is 0 Å². The summed E-state index contributed by atoms with van der Waals surface area (Å²) >= 11 is 6.27. The zero-order valence-electron chi connectivity index (χ0n) is 13.3. The van der Waals surface area contributed by atoms with Gasteiger partial charge in [-0.25, -0.2) is 0 Å². The van der Waals surface area contributed by atoms with E-state index in [-0.39, 0.29) is 18.4 Å². The minimum absolute atomic E-state index is 0.0257. The normalized spacial score (nSPS) is 20.2. The molecule has 1 fully saturated rings. The number of amides is 1. The fourth-order valence-electron chi connectivity index (χ4n) is 2.90. The highest BCUT2D eigenvalue weighted by Crippen LogP contribution is 2.35. The van der Waals surface area contributed by atoms with Crippen LogP contribution in [-0.4, -0.2) is 50.3 Å². The number of hydrogen-bond acceptors (Lipinski definition) is 4. The number of fused-ring (bicyclic) bond motifs is 1. The van der Waals surface area contributed by atoms with Gasteiger partial charge in [-0.3, -0.25) is 4.79 Å². The Bertz CT molecular complexity index is 572. The lowest BCUT2D eigenvalue weighted by atomic mass is 10.1. The van der Waals surface area contributed by atoms with Gasteiger partial charge in [-0.2, -0.15) is 0 Å². The average molecular weight is 340 g/mol. The van der Waals surface area contributed by atoms with E-state index in [2.05, 4.69) is 0 Å². The molecule has 0 saturated carbocycles. The van der Waals surface area contributed by atoms with Crippen LogP contribution in [0.2, 0.25) is 5.02 Å². The first-order valence-electron chi connectivity index (χ1n) is 8.07. The molecule has 0 N–H and O–H groups in total. The van der Waals surface area contributed by atoms with Crippen molar-refractivity contribution >= 4 is 17.5 Å². The van der Waals surface area contributed by atoms with Crippen LogP contribution in [0.15, 0.2) is 12.1 Å². The summed E-state index contributed by atoms with van der Waals surface area (Å²) in [6, 6.07) is 3.53. The summed E-state index contributed by atoms with van der Waals surface area (Å²) in [5, 5.41) is 0.532. The highest BCUT2D eigenvalue weighted by molar-refractivity contribution is 6.31. The largest absolute Gasteiger partial charge is 0.486 e. The molecular weight excluding hydrogens is 318 g/mol. The second-order valence-corrected chi connectivity index (χ2v) is 6.43. The maximum absolute atomic E-state index is 12.4. The smallest absolute Gasteiger partial charge is 0.226 e. The summed E-state index contributed by atoms with van der Waals surface area (Å²) in [4.78, 5) is 14.2. The highest BCUT2D eigenvalue weighted by Gasteiger charge is 2.21. The van der Waals surface area contributed by atoms with Crippen LogP contribution in [0, 0.1) is 0 Å². The van der Waals surface area contributed by atoms with E-state index in [1.54, 1.807) is 17.0 Å². The van der Waals surface area contributed by atoms with E-state index >= 15 is 0 Å². The van der Waals surface area contributed by atoms with E-state index in [1.807, 2.05) is 7.05 Å². The first kappa shape index (κ1) is 16.4. The van der Waals surface area contributed by atoms with Gasteiger partial charge < -0.3 is 19.1 Å². The molecule has 1 aromatic carbocycles. The Kier molecular flexibility index (Phi) is 5.28. The van der Waals surface area contributed by atoms with Crippen molar-refractivity contribution in [3.05, 3.63) is 22.7 Å². The van der Waals surface area contributed by atoms with Gasteiger partial charge in [-0.05, 0) is 30.9 Å². The quantitative estimate of drug-likeness (QED) is 0.846. The Labute approximate surface area is 141 Å². The van der Waals surface area contributed by atoms with Crippen LogP contribution in [0.5, 0.6) is 11.5 Å². The van der Waals surface area contributed by atoms with Crippen LogP contribution in [-0.2, 0) is 16.0 Å². The van der Waals surface area contributed by atoms with E-state index in [4.69, 9.17) is 25.8 Å². The number of rotatable bonds is 4. The molecule has 6 heteroatoms. The van der Waals surface area contributed by atoms with Gasteiger partial charge >= 0.3 is 0 Å². The summed E-state index contributed by atoms with van der Waals surface area (Å²) in [6.45, 7) is 2.45. The zero-order chi connectivity index (χ0) is 16.2. The Morgan fingerprint density at radius 3 is 2.65 bits per heavy atom. The maximum Gasteiger partial charge on any atom is 0.226 e. The summed E-state index contributed by atoms with van der Waals surface area (Å²) in [5.74, 6) is 1.32. The third-order valence-corrected chi connectivity index (χ3v) is 4.58. The molecule has 1 saturated heterocycles. The molecular formula is C17H22ClNO4. The van der Waals surface area contributed by atoms with E-state index in [1.165, 1.54) is 6.42 Å². The minimum Gasteiger partial charge on any atom is -0.486 e. The monoisotopic (exact) mass is 339 g/mol. The Balaban J connectivity index is 1.62. The summed E-state index contributed by atoms with van der Waals surface area (Å²) in [5.41, 5.74) is 0.761.